The summed E-state index contributed by atoms with van der Waals surface area (Å²) < 4.78 is 0. The maximum Gasteiger partial charge on any atom is 0.136 e. The Labute approximate surface area is 162 Å². The second-order valence-corrected chi connectivity index (χ2v) is 7.88. The van der Waals surface area contributed by atoms with Crippen molar-refractivity contribution in [2.75, 3.05) is 28.6 Å². The summed E-state index contributed by atoms with van der Waals surface area (Å²) in [5.41, 5.74) is 2.38. The largest absolute Gasteiger partial charge is 0.372 e. The molecule has 2 aromatic rings. The van der Waals surface area contributed by atoms with Gasteiger partial charge in [-0.1, -0.05) is 25.7 Å². The zero-order valence-electron chi connectivity index (χ0n) is 16.4. The SMILES string of the molecule is Cc1nc(Nc2ccc(N3CCCC3)cc2)cc(NC2CCCCCC2)n1. The monoisotopic (exact) mass is 365 g/mol. The lowest BCUT2D eigenvalue weighted by Crippen LogP contribution is -2.19. The van der Waals surface area contributed by atoms with Crippen LogP contribution in [0.4, 0.5) is 23.0 Å². The average Bonchev–Trinajstić information content (AvgIpc) is 3.08. The zero-order chi connectivity index (χ0) is 18.5. The number of benzene rings is 1. The molecule has 1 aromatic heterocycles. The van der Waals surface area contributed by atoms with Crippen LogP contribution in [0, 0.1) is 6.92 Å². The molecule has 1 aromatic carbocycles. The highest BCUT2D eigenvalue weighted by atomic mass is 15.1. The van der Waals surface area contributed by atoms with Crippen LogP contribution in [0.3, 0.4) is 0 Å². The molecular weight excluding hydrogens is 334 g/mol. The Morgan fingerprint density at radius 3 is 2.22 bits per heavy atom. The number of aromatic nitrogens is 2. The van der Waals surface area contributed by atoms with E-state index in [-0.39, 0.29) is 0 Å². The van der Waals surface area contributed by atoms with Crippen LogP contribution in [-0.2, 0) is 0 Å². The summed E-state index contributed by atoms with van der Waals surface area (Å²) in [6.07, 6.45) is 10.4. The van der Waals surface area contributed by atoms with Gasteiger partial charge in [0.05, 0.1) is 0 Å². The van der Waals surface area contributed by atoms with Gasteiger partial charge in [-0.3, -0.25) is 0 Å². The van der Waals surface area contributed by atoms with Crippen molar-refractivity contribution in [1.82, 2.24) is 9.97 Å². The van der Waals surface area contributed by atoms with Gasteiger partial charge in [-0.2, -0.15) is 0 Å². The second kappa shape index (κ2) is 8.59. The molecule has 0 radical (unpaired) electrons. The van der Waals surface area contributed by atoms with E-state index in [1.165, 1.54) is 70.1 Å². The molecule has 1 saturated carbocycles. The van der Waals surface area contributed by atoms with Gasteiger partial charge in [-0.25, -0.2) is 9.97 Å². The van der Waals surface area contributed by atoms with Crippen LogP contribution in [0.15, 0.2) is 30.3 Å². The van der Waals surface area contributed by atoms with Crippen LogP contribution in [0.25, 0.3) is 0 Å². The summed E-state index contributed by atoms with van der Waals surface area (Å²) in [5.74, 6) is 2.59. The maximum absolute atomic E-state index is 4.60. The minimum absolute atomic E-state index is 0.536. The lowest BCUT2D eigenvalue weighted by Gasteiger charge is -2.19. The van der Waals surface area contributed by atoms with Crippen LogP contribution >= 0.6 is 0 Å². The third-order valence-corrected chi connectivity index (χ3v) is 5.66. The van der Waals surface area contributed by atoms with Gasteiger partial charge in [0.2, 0.25) is 0 Å². The number of nitrogens with zero attached hydrogens (tertiary/aromatic N) is 3. The highest BCUT2D eigenvalue weighted by Gasteiger charge is 2.14. The van der Waals surface area contributed by atoms with Crippen LogP contribution in [0.5, 0.6) is 0 Å². The van der Waals surface area contributed by atoms with Gasteiger partial charge >= 0.3 is 0 Å². The number of nitrogens with one attached hydrogen (secondary N) is 2. The minimum atomic E-state index is 0.536. The van der Waals surface area contributed by atoms with E-state index in [1.807, 2.05) is 13.0 Å². The van der Waals surface area contributed by atoms with Gasteiger partial charge in [-0.05, 0) is 56.9 Å². The zero-order valence-corrected chi connectivity index (χ0v) is 16.4. The lowest BCUT2D eigenvalue weighted by molar-refractivity contribution is 0.617. The Kier molecular flexibility index (Phi) is 5.75. The molecule has 0 bridgehead atoms. The van der Waals surface area contributed by atoms with Crippen molar-refractivity contribution in [2.45, 2.75) is 64.3 Å². The molecule has 2 fully saturated rings. The van der Waals surface area contributed by atoms with Gasteiger partial charge in [0.15, 0.2) is 0 Å². The molecule has 5 heteroatoms. The number of rotatable bonds is 5. The molecule has 4 rings (SSSR count). The van der Waals surface area contributed by atoms with Gasteiger partial charge in [0, 0.05) is 36.6 Å². The van der Waals surface area contributed by atoms with E-state index in [0.717, 1.165) is 23.1 Å². The number of hydrogen-bond acceptors (Lipinski definition) is 5. The van der Waals surface area contributed by atoms with Crippen molar-refractivity contribution < 1.29 is 0 Å². The quantitative estimate of drug-likeness (QED) is 0.708. The second-order valence-electron chi connectivity index (χ2n) is 7.88. The third-order valence-electron chi connectivity index (χ3n) is 5.66. The fourth-order valence-corrected chi connectivity index (χ4v) is 4.22. The standard InChI is InChI=1S/C22H31N5/c1-17-23-21(25-18-8-4-2-3-5-9-18)16-22(24-17)26-19-10-12-20(13-11-19)27-14-6-7-15-27/h10-13,16,18H,2-9,14-15H2,1H3,(H2,23,24,25,26). The average molecular weight is 366 g/mol. The predicted molar refractivity (Wildman–Crippen MR) is 113 cm³/mol. The first kappa shape index (κ1) is 18.1. The van der Waals surface area contributed by atoms with Crippen molar-refractivity contribution in [1.29, 1.82) is 0 Å². The highest BCUT2D eigenvalue weighted by molar-refractivity contribution is 5.62. The van der Waals surface area contributed by atoms with Crippen LogP contribution in [-0.4, -0.2) is 29.1 Å². The Hall–Kier alpha value is -2.30. The van der Waals surface area contributed by atoms with Crippen LogP contribution in [0.2, 0.25) is 0 Å². The smallest absolute Gasteiger partial charge is 0.136 e. The predicted octanol–water partition coefficient (Wildman–Crippen LogP) is 5.26. The Morgan fingerprint density at radius 1 is 0.852 bits per heavy atom. The van der Waals surface area contributed by atoms with Crippen LogP contribution in [0.1, 0.15) is 57.2 Å². The highest BCUT2D eigenvalue weighted by Crippen LogP contribution is 2.25. The van der Waals surface area contributed by atoms with Crippen molar-refractivity contribution >= 4 is 23.0 Å². The summed E-state index contributed by atoms with van der Waals surface area (Å²) in [6.45, 7) is 4.31. The number of aryl methyl sites for hydroxylation is 1. The first-order valence-electron chi connectivity index (χ1n) is 10.5. The van der Waals surface area contributed by atoms with Crippen molar-refractivity contribution in [3.05, 3.63) is 36.2 Å². The lowest BCUT2D eigenvalue weighted by atomic mass is 10.1. The molecule has 0 unspecified atom stereocenters. The summed E-state index contributed by atoms with van der Waals surface area (Å²) in [7, 11) is 0. The minimum Gasteiger partial charge on any atom is -0.372 e. The fraction of sp³-hybridized carbons (Fsp3) is 0.545. The molecule has 2 aliphatic rings. The summed E-state index contributed by atoms with van der Waals surface area (Å²) in [4.78, 5) is 11.6. The molecule has 0 spiro atoms. The molecule has 1 aliphatic heterocycles. The van der Waals surface area contributed by atoms with E-state index < -0.39 is 0 Å². The summed E-state index contributed by atoms with van der Waals surface area (Å²) in [5, 5.41) is 7.08. The van der Waals surface area contributed by atoms with E-state index in [1.54, 1.807) is 0 Å². The van der Waals surface area contributed by atoms with E-state index in [9.17, 15) is 0 Å². The Bertz CT molecular complexity index is 729. The molecule has 0 atom stereocenters. The molecule has 5 nitrogen and oxygen atoms in total. The van der Waals surface area contributed by atoms with E-state index in [0.29, 0.717) is 6.04 Å². The first-order valence-corrected chi connectivity index (χ1v) is 10.5. The normalized spacial score (nSPS) is 18.3. The first-order chi connectivity index (χ1) is 13.3. The third kappa shape index (κ3) is 4.90. The molecule has 144 valence electrons. The van der Waals surface area contributed by atoms with E-state index in [4.69, 9.17) is 0 Å². The van der Waals surface area contributed by atoms with Crippen molar-refractivity contribution in [2.24, 2.45) is 0 Å². The summed E-state index contributed by atoms with van der Waals surface area (Å²) in [6, 6.07) is 11.3. The maximum atomic E-state index is 4.60. The van der Waals surface area contributed by atoms with E-state index in [2.05, 4.69) is 49.8 Å². The van der Waals surface area contributed by atoms with E-state index >= 15 is 0 Å². The molecule has 1 saturated heterocycles. The summed E-state index contributed by atoms with van der Waals surface area (Å²) >= 11 is 0. The number of hydrogen-bond donors (Lipinski definition) is 2. The van der Waals surface area contributed by atoms with Gasteiger partial charge in [0.25, 0.3) is 0 Å². The van der Waals surface area contributed by atoms with Crippen LogP contribution < -0.4 is 15.5 Å². The van der Waals surface area contributed by atoms with Gasteiger partial charge < -0.3 is 15.5 Å². The van der Waals surface area contributed by atoms with Crippen molar-refractivity contribution in [3.8, 4) is 0 Å². The number of anilines is 4. The van der Waals surface area contributed by atoms with Crippen molar-refractivity contribution in [3.63, 3.8) is 0 Å². The Balaban J connectivity index is 1.42. The van der Waals surface area contributed by atoms with Gasteiger partial charge in [0.1, 0.15) is 17.5 Å². The fourth-order valence-electron chi connectivity index (χ4n) is 4.22. The molecule has 27 heavy (non-hydrogen) atoms. The topological polar surface area (TPSA) is 53.1 Å². The molecule has 0 amide bonds. The molecular formula is C22H31N5. The Morgan fingerprint density at radius 2 is 1.52 bits per heavy atom. The van der Waals surface area contributed by atoms with Gasteiger partial charge in [-0.15, -0.1) is 0 Å². The molecule has 2 heterocycles. The molecule has 2 N–H and O–H groups in total. The molecule has 1 aliphatic carbocycles.